The van der Waals surface area contributed by atoms with Crippen molar-refractivity contribution in [3.63, 3.8) is 0 Å². The molecule has 0 heterocycles. The van der Waals surface area contributed by atoms with Gasteiger partial charge in [0.15, 0.2) is 0 Å². The van der Waals surface area contributed by atoms with E-state index < -0.39 is 8.80 Å². The lowest BCUT2D eigenvalue weighted by molar-refractivity contribution is 0.114. The van der Waals surface area contributed by atoms with E-state index in [1.165, 1.54) is 11.1 Å². The van der Waals surface area contributed by atoms with Crippen LogP contribution in [0.1, 0.15) is 40.9 Å². The average molecular weight is 394 g/mol. The van der Waals surface area contributed by atoms with Crippen LogP contribution in [0, 0.1) is 0 Å². The fourth-order valence-electron chi connectivity index (χ4n) is 2.24. The standard InChI is InChI=1S/C14H23IO3Si/c1-6-14(15)13-9-7-8-12(10-13)11(2)19(16-3,17-4)18-5/h7-11,14H,6H2,1-5H3. The molecule has 1 aromatic rings. The van der Waals surface area contributed by atoms with E-state index in [9.17, 15) is 0 Å². The summed E-state index contributed by atoms with van der Waals surface area (Å²) >= 11 is 2.48. The summed E-state index contributed by atoms with van der Waals surface area (Å²) < 4.78 is 17.3. The maximum Gasteiger partial charge on any atom is 0.507 e. The Labute approximate surface area is 131 Å². The normalized spacial score (nSPS) is 15.3. The Kier molecular flexibility index (Phi) is 6.96. The molecule has 0 aromatic heterocycles. The minimum atomic E-state index is -2.63. The van der Waals surface area contributed by atoms with E-state index in [1.807, 2.05) is 0 Å². The highest BCUT2D eigenvalue weighted by atomic mass is 127. The van der Waals surface area contributed by atoms with Crippen LogP contribution in [0.2, 0.25) is 0 Å². The maximum absolute atomic E-state index is 5.57. The number of halogens is 1. The Morgan fingerprint density at radius 2 is 1.63 bits per heavy atom. The molecule has 19 heavy (non-hydrogen) atoms. The average Bonchev–Trinajstić information content (AvgIpc) is 2.48. The van der Waals surface area contributed by atoms with E-state index in [-0.39, 0.29) is 5.54 Å². The lowest BCUT2D eigenvalue weighted by Crippen LogP contribution is -2.48. The number of hydrogen-bond donors (Lipinski definition) is 0. The summed E-state index contributed by atoms with van der Waals surface area (Å²) in [5.74, 6) is 0. The van der Waals surface area contributed by atoms with Crippen LogP contribution in [0.4, 0.5) is 0 Å². The summed E-state index contributed by atoms with van der Waals surface area (Å²) in [5, 5.41) is 0. The molecule has 2 atom stereocenters. The molecule has 0 amide bonds. The van der Waals surface area contributed by atoms with Crippen molar-refractivity contribution in [3.8, 4) is 0 Å². The van der Waals surface area contributed by atoms with Crippen molar-refractivity contribution < 1.29 is 13.3 Å². The van der Waals surface area contributed by atoms with Crippen LogP contribution in [0.25, 0.3) is 0 Å². The smallest absolute Gasteiger partial charge is 0.376 e. The summed E-state index contributed by atoms with van der Waals surface area (Å²) in [7, 11) is 2.35. The van der Waals surface area contributed by atoms with Crippen molar-refractivity contribution in [2.75, 3.05) is 21.3 Å². The summed E-state index contributed by atoms with van der Waals surface area (Å²) in [4.78, 5) is 0. The quantitative estimate of drug-likeness (QED) is 0.396. The number of alkyl halides is 1. The molecule has 3 nitrogen and oxygen atoms in total. The first-order valence-corrected chi connectivity index (χ1v) is 9.48. The zero-order chi connectivity index (χ0) is 14.5. The van der Waals surface area contributed by atoms with Crippen molar-refractivity contribution in [1.82, 2.24) is 0 Å². The Bertz CT molecular complexity index is 388. The summed E-state index contributed by atoms with van der Waals surface area (Å²) in [6, 6.07) is 8.63. The van der Waals surface area contributed by atoms with Gasteiger partial charge in [-0.2, -0.15) is 0 Å². The molecule has 0 aliphatic heterocycles. The minimum absolute atomic E-state index is 0.118. The van der Waals surface area contributed by atoms with Gasteiger partial charge in [-0.3, -0.25) is 0 Å². The van der Waals surface area contributed by atoms with E-state index in [0.29, 0.717) is 3.92 Å². The molecule has 1 aromatic carbocycles. The van der Waals surface area contributed by atoms with Gasteiger partial charge in [0, 0.05) is 25.3 Å². The van der Waals surface area contributed by atoms with Crippen LogP contribution in [0.15, 0.2) is 24.3 Å². The van der Waals surface area contributed by atoms with E-state index in [0.717, 1.165) is 6.42 Å². The number of hydrogen-bond acceptors (Lipinski definition) is 3. The van der Waals surface area contributed by atoms with Gasteiger partial charge in [-0.25, -0.2) is 0 Å². The van der Waals surface area contributed by atoms with Crippen LogP contribution < -0.4 is 0 Å². The maximum atomic E-state index is 5.57. The predicted octanol–water partition coefficient (Wildman–Crippen LogP) is 4.09. The van der Waals surface area contributed by atoms with E-state index in [1.54, 1.807) is 21.3 Å². The molecular formula is C14H23IO3Si. The fraction of sp³-hybridized carbons (Fsp3) is 0.571. The second kappa shape index (κ2) is 7.73. The van der Waals surface area contributed by atoms with Crippen LogP contribution in [-0.2, 0) is 13.3 Å². The molecular weight excluding hydrogens is 371 g/mol. The molecule has 0 saturated heterocycles. The Hall–Kier alpha value is 0.0469. The van der Waals surface area contributed by atoms with Gasteiger partial charge in [0.25, 0.3) is 0 Å². The first kappa shape index (κ1) is 17.1. The largest absolute Gasteiger partial charge is 0.507 e. The van der Waals surface area contributed by atoms with Gasteiger partial charge < -0.3 is 13.3 Å². The molecule has 2 unspecified atom stereocenters. The minimum Gasteiger partial charge on any atom is -0.376 e. The molecule has 0 saturated carbocycles. The first-order valence-electron chi connectivity index (χ1n) is 6.44. The van der Waals surface area contributed by atoms with Gasteiger partial charge in [0.05, 0.1) is 5.54 Å². The molecule has 0 aliphatic rings. The number of benzene rings is 1. The third kappa shape index (κ3) is 3.78. The SMILES string of the molecule is CCC(I)c1cccc(C(C)[Si](OC)(OC)OC)c1. The summed E-state index contributed by atoms with van der Waals surface area (Å²) in [6.07, 6.45) is 1.12. The van der Waals surface area contributed by atoms with Gasteiger partial charge >= 0.3 is 8.80 Å². The van der Waals surface area contributed by atoms with E-state index in [4.69, 9.17) is 13.3 Å². The number of rotatable bonds is 7. The molecule has 1 rings (SSSR count). The highest BCUT2D eigenvalue weighted by Crippen LogP contribution is 2.32. The summed E-state index contributed by atoms with van der Waals surface area (Å²) in [6.45, 7) is 4.31. The van der Waals surface area contributed by atoms with E-state index >= 15 is 0 Å². The van der Waals surface area contributed by atoms with Crippen molar-refractivity contribution in [2.24, 2.45) is 0 Å². The zero-order valence-electron chi connectivity index (χ0n) is 12.3. The van der Waals surface area contributed by atoms with Crippen molar-refractivity contribution in [2.45, 2.75) is 29.7 Å². The van der Waals surface area contributed by atoms with Crippen LogP contribution in [0.5, 0.6) is 0 Å². The third-order valence-corrected chi connectivity index (χ3v) is 8.22. The molecule has 0 aliphatic carbocycles. The molecule has 0 radical (unpaired) electrons. The molecule has 0 bridgehead atoms. The Morgan fingerprint density at radius 3 is 2.11 bits per heavy atom. The molecule has 108 valence electrons. The first-order chi connectivity index (χ1) is 9.04. The lowest BCUT2D eigenvalue weighted by atomic mass is 10.1. The van der Waals surface area contributed by atoms with Gasteiger partial charge in [-0.1, -0.05) is 60.7 Å². The second-order valence-electron chi connectivity index (χ2n) is 4.48. The molecule has 5 heteroatoms. The molecule has 0 spiro atoms. The van der Waals surface area contributed by atoms with Crippen LogP contribution >= 0.6 is 22.6 Å². The fourth-order valence-corrected chi connectivity index (χ4v) is 4.78. The highest BCUT2D eigenvalue weighted by Gasteiger charge is 2.45. The lowest BCUT2D eigenvalue weighted by Gasteiger charge is -2.30. The van der Waals surface area contributed by atoms with Crippen molar-refractivity contribution >= 4 is 31.4 Å². The van der Waals surface area contributed by atoms with Crippen LogP contribution in [-0.4, -0.2) is 30.1 Å². The predicted molar refractivity (Wildman–Crippen MR) is 88.7 cm³/mol. The third-order valence-electron chi connectivity index (χ3n) is 3.51. The van der Waals surface area contributed by atoms with Gasteiger partial charge in [-0.15, -0.1) is 0 Å². The molecule has 0 fully saturated rings. The zero-order valence-corrected chi connectivity index (χ0v) is 15.4. The monoisotopic (exact) mass is 394 g/mol. The topological polar surface area (TPSA) is 27.7 Å². The van der Waals surface area contributed by atoms with Crippen molar-refractivity contribution in [1.29, 1.82) is 0 Å². The van der Waals surface area contributed by atoms with Crippen molar-refractivity contribution in [3.05, 3.63) is 35.4 Å². The second-order valence-corrected chi connectivity index (χ2v) is 9.29. The Balaban J connectivity index is 3.08. The highest BCUT2D eigenvalue weighted by molar-refractivity contribution is 14.1. The molecule has 0 N–H and O–H groups in total. The van der Waals surface area contributed by atoms with E-state index in [2.05, 4.69) is 60.7 Å². The summed E-state index contributed by atoms with van der Waals surface area (Å²) in [5.41, 5.74) is 2.68. The Morgan fingerprint density at radius 1 is 1.11 bits per heavy atom. The van der Waals surface area contributed by atoms with Gasteiger partial charge in [0.2, 0.25) is 0 Å². The van der Waals surface area contributed by atoms with Crippen LogP contribution in [0.3, 0.4) is 0 Å². The van der Waals surface area contributed by atoms with Gasteiger partial charge in [-0.05, 0) is 17.5 Å². The van der Waals surface area contributed by atoms with Gasteiger partial charge in [0.1, 0.15) is 0 Å².